The number of hydrogen-bond acceptors (Lipinski definition) is 4. The number of aliphatic hydroxyl groups excluding tert-OH is 1. The number of aliphatic hydroxyl groups is 1. The van der Waals surface area contributed by atoms with Crippen LogP contribution in [-0.2, 0) is 0 Å². The first kappa shape index (κ1) is 20.9. The molecule has 30 heavy (non-hydrogen) atoms. The van der Waals surface area contributed by atoms with Crippen molar-refractivity contribution in [3.8, 4) is 5.69 Å². The van der Waals surface area contributed by atoms with Gasteiger partial charge in [-0.05, 0) is 76.5 Å². The number of hydrogen-bond donors (Lipinski definition) is 1. The number of aromatic nitrogens is 3. The summed E-state index contributed by atoms with van der Waals surface area (Å²) < 4.78 is 2.26. The van der Waals surface area contributed by atoms with Crippen LogP contribution in [0.4, 0.5) is 5.82 Å². The van der Waals surface area contributed by atoms with Gasteiger partial charge >= 0.3 is 0 Å². The van der Waals surface area contributed by atoms with Crippen LogP contribution < -0.4 is 10.4 Å². The van der Waals surface area contributed by atoms with Gasteiger partial charge in [0.25, 0.3) is 0 Å². The van der Waals surface area contributed by atoms with Crippen LogP contribution in [0.15, 0.2) is 18.3 Å². The summed E-state index contributed by atoms with van der Waals surface area (Å²) in [6, 6.07) is 4.93. The van der Waals surface area contributed by atoms with E-state index < -0.39 is 0 Å². The molecule has 1 aliphatic rings. The number of nitrogens with zero attached hydrogens (tertiary/aromatic N) is 4. The number of anilines is 1. The van der Waals surface area contributed by atoms with E-state index in [-0.39, 0.29) is 6.61 Å². The second-order valence-electron chi connectivity index (χ2n) is 8.93. The third kappa shape index (κ3) is 3.73. The molecule has 0 bridgehead atoms. The summed E-state index contributed by atoms with van der Waals surface area (Å²) in [4.78, 5) is 12.3. The van der Waals surface area contributed by atoms with Crippen molar-refractivity contribution >= 4 is 30.2 Å². The molecule has 0 amide bonds. The van der Waals surface area contributed by atoms with Crippen LogP contribution in [0.5, 0.6) is 0 Å². The Hall–Kier alpha value is -2.34. The van der Waals surface area contributed by atoms with Crippen molar-refractivity contribution in [2.75, 3.05) is 18.1 Å². The summed E-state index contributed by atoms with van der Waals surface area (Å²) in [6.07, 6.45) is 7.69. The minimum Gasteiger partial charge on any atom is -0.396 e. The molecular formula is C24H33BN4O. The van der Waals surface area contributed by atoms with E-state index in [1.165, 1.54) is 47.1 Å². The Kier molecular flexibility index (Phi) is 5.87. The second kappa shape index (κ2) is 8.42. The van der Waals surface area contributed by atoms with Crippen LogP contribution in [-0.4, -0.2) is 46.7 Å². The molecule has 6 heteroatoms. The van der Waals surface area contributed by atoms with E-state index in [1.807, 2.05) is 6.92 Å². The summed E-state index contributed by atoms with van der Waals surface area (Å²) in [5.41, 5.74) is 7.25. The van der Waals surface area contributed by atoms with Crippen LogP contribution in [0.3, 0.4) is 0 Å². The number of benzene rings is 1. The molecule has 4 rings (SSSR count). The highest BCUT2D eigenvalue weighted by Crippen LogP contribution is 2.35. The highest BCUT2D eigenvalue weighted by molar-refractivity contribution is 6.32. The first-order valence-corrected chi connectivity index (χ1v) is 11.2. The molecular weight excluding hydrogens is 371 g/mol. The van der Waals surface area contributed by atoms with E-state index >= 15 is 0 Å². The van der Waals surface area contributed by atoms with Crippen LogP contribution in [0.2, 0.25) is 0 Å². The average Bonchev–Trinajstić information content (AvgIpc) is 3.01. The molecule has 1 saturated heterocycles. The topological polar surface area (TPSA) is 54.2 Å². The van der Waals surface area contributed by atoms with Gasteiger partial charge in [-0.15, -0.1) is 0 Å². The maximum Gasteiger partial charge on any atom is 0.150 e. The van der Waals surface area contributed by atoms with Crippen molar-refractivity contribution in [2.24, 2.45) is 0 Å². The average molecular weight is 404 g/mol. The van der Waals surface area contributed by atoms with Gasteiger partial charge in [0.15, 0.2) is 5.65 Å². The Morgan fingerprint density at radius 1 is 1.07 bits per heavy atom. The number of fused-ring (bicyclic) bond motifs is 1. The monoisotopic (exact) mass is 404 g/mol. The van der Waals surface area contributed by atoms with E-state index in [9.17, 15) is 5.11 Å². The zero-order chi connectivity index (χ0) is 21.4. The zero-order valence-electron chi connectivity index (χ0n) is 19.0. The molecule has 1 N–H and O–H groups in total. The standard InChI is InChI=1S/C24H33BN4O/c1-15-12-19(25)13-16(2)22(15)29-14-17(3)21-23(26-18(4)27-24(21)29)28-10-6-5-8-20(28)9-7-11-30/h12-14,20,30H,5-11,25H2,1-4H3. The van der Waals surface area contributed by atoms with Crippen LogP contribution in [0, 0.1) is 27.7 Å². The third-order valence-electron chi connectivity index (χ3n) is 6.40. The fourth-order valence-corrected chi connectivity index (χ4v) is 5.23. The Morgan fingerprint density at radius 3 is 2.50 bits per heavy atom. The van der Waals surface area contributed by atoms with E-state index in [1.54, 1.807) is 0 Å². The normalized spacial score (nSPS) is 17.1. The van der Waals surface area contributed by atoms with Gasteiger partial charge in [0.1, 0.15) is 19.5 Å². The molecule has 0 aliphatic carbocycles. The van der Waals surface area contributed by atoms with Gasteiger partial charge in [0, 0.05) is 25.4 Å². The predicted molar refractivity (Wildman–Crippen MR) is 127 cm³/mol. The first-order chi connectivity index (χ1) is 14.4. The number of piperidine rings is 1. The molecule has 3 aromatic rings. The van der Waals surface area contributed by atoms with E-state index in [4.69, 9.17) is 9.97 Å². The molecule has 0 spiro atoms. The molecule has 158 valence electrons. The maximum absolute atomic E-state index is 9.37. The van der Waals surface area contributed by atoms with E-state index in [0.717, 1.165) is 42.1 Å². The lowest BCUT2D eigenvalue weighted by atomic mass is 9.91. The lowest BCUT2D eigenvalue weighted by Crippen LogP contribution is -2.40. The minimum absolute atomic E-state index is 0.254. The van der Waals surface area contributed by atoms with Crippen LogP contribution in [0.25, 0.3) is 16.7 Å². The largest absolute Gasteiger partial charge is 0.396 e. The Bertz CT molecular complexity index is 1050. The lowest BCUT2D eigenvalue weighted by Gasteiger charge is -2.37. The van der Waals surface area contributed by atoms with E-state index in [0.29, 0.717) is 6.04 Å². The summed E-state index contributed by atoms with van der Waals surface area (Å²) in [5, 5.41) is 10.5. The third-order valence-corrected chi connectivity index (χ3v) is 6.40. The van der Waals surface area contributed by atoms with Gasteiger partial charge in [-0.25, -0.2) is 9.97 Å². The van der Waals surface area contributed by atoms with Gasteiger partial charge < -0.3 is 14.6 Å². The summed E-state index contributed by atoms with van der Waals surface area (Å²) in [7, 11) is 2.15. The Balaban J connectivity index is 1.90. The highest BCUT2D eigenvalue weighted by Gasteiger charge is 2.27. The molecule has 5 nitrogen and oxygen atoms in total. The maximum atomic E-state index is 9.37. The molecule has 0 saturated carbocycles. The summed E-state index contributed by atoms with van der Waals surface area (Å²) in [5.74, 6) is 1.88. The summed E-state index contributed by atoms with van der Waals surface area (Å²) >= 11 is 0. The lowest BCUT2D eigenvalue weighted by molar-refractivity contribution is 0.273. The molecule has 1 aliphatic heterocycles. The molecule has 2 aromatic heterocycles. The van der Waals surface area contributed by atoms with Crippen molar-refractivity contribution in [3.63, 3.8) is 0 Å². The molecule has 1 unspecified atom stereocenters. The van der Waals surface area contributed by atoms with Crippen molar-refractivity contribution in [1.29, 1.82) is 0 Å². The van der Waals surface area contributed by atoms with E-state index in [2.05, 4.69) is 56.4 Å². The first-order valence-electron chi connectivity index (χ1n) is 11.2. The molecule has 1 fully saturated rings. The fraction of sp³-hybridized carbons (Fsp3) is 0.500. The number of aryl methyl sites for hydroxylation is 4. The molecule has 1 atom stereocenters. The van der Waals surface area contributed by atoms with Crippen molar-refractivity contribution in [2.45, 2.75) is 65.8 Å². The number of rotatable bonds is 5. The smallest absolute Gasteiger partial charge is 0.150 e. The van der Waals surface area contributed by atoms with Gasteiger partial charge in [-0.3, -0.25) is 0 Å². The Labute approximate surface area is 180 Å². The van der Waals surface area contributed by atoms with Gasteiger partial charge in [0.05, 0.1) is 11.1 Å². The predicted octanol–water partition coefficient (Wildman–Crippen LogP) is 3.04. The van der Waals surface area contributed by atoms with Crippen LogP contribution >= 0.6 is 0 Å². The van der Waals surface area contributed by atoms with Crippen molar-refractivity contribution < 1.29 is 5.11 Å². The minimum atomic E-state index is 0.254. The quantitative estimate of drug-likeness (QED) is 0.665. The van der Waals surface area contributed by atoms with Gasteiger partial charge in [0.2, 0.25) is 0 Å². The van der Waals surface area contributed by atoms with Crippen molar-refractivity contribution in [3.05, 3.63) is 40.8 Å². The Morgan fingerprint density at radius 2 is 1.80 bits per heavy atom. The van der Waals surface area contributed by atoms with Gasteiger partial charge in [-0.2, -0.15) is 0 Å². The molecule has 3 heterocycles. The zero-order valence-corrected chi connectivity index (χ0v) is 19.0. The molecule has 0 radical (unpaired) electrons. The molecule has 1 aromatic carbocycles. The van der Waals surface area contributed by atoms with Gasteiger partial charge in [-0.1, -0.05) is 17.6 Å². The highest BCUT2D eigenvalue weighted by atomic mass is 16.2. The fourth-order valence-electron chi connectivity index (χ4n) is 5.23. The van der Waals surface area contributed by atoms with Crippen LogP contribution in [0.1, 0.15) is 54.6 Å². The summed E-state index contributed by atoms with van der Waals surface area (Å²) in [6.45, 7) is 9.81. The van der Waals surface area contributed by atoms with Crippen molar-refractivity contribution in [1.82, 2.24) is 14.5 Å². The second-order valence-corrected chi connectivity index (χ2v) is 8.93. The SMILES string of the molecule is Bc1cc(C)c(-n2cc(C)c3c(N4CCCCC4CCCO)nc(C)nc32)c(C)c1.